The minimum Gasteiger partial charge on any atom is -0.475 e. The third kappa shape index (κ3) is 7.88. The highest BCUT2D eigenvalue weighted by Gasteiger charge is 2.21. The highest BCUT2D eigenvalue weighted by molar-refractivity contribution is 6.31. The van der Waals surface area contributed by atoms with Gasteiger partial charge in [-0.25, -0.2) is 4.98 Å². The number of hydrogen-bond acceptors (Lipinski definition) is 4. The van der Waals surface area contributed by atoms with Gasteiger partial charge < -0.3 is 15.4 Å². The van der Waals surface area contributed by atoms with Gasteiger partial charge in [0.1, 0.15) is 11.6 Å². The molecule has 1 aromatic heterocycles. The molecule has 1 fully saturated rings. The molecule has 0 bridgehead atoms. The topological polar surface area (TPSA) is 63.2 Å². The summed E-state index contributed by atoms with van der Waals surface area (Å²) in [6.07, 6.45) is 4.53. The van der Waals surface area contributed by atoms with Crippen molar-refractivity contribution in [2.75, 3.05) is 26.2 Å². The van der Waals surface area contributed by atoms with E-state index >= 15 is 0 Å². The summed E-state index contributed by atoms with van der Waals surface area (Å²) >= 11 is 5.94. The van der Waals surface area contributed by atoms with Crippen molar-refractivity contribution >= 4 is 42.3 Å². The van der Waals surface area contributed by atoms with Crippen LogP contribution in [-0.2, 0) is 4.79 Å². The van der Waals surface area contributed by atoms with Gasteiger partial charge in [-0.2, -0.15) is 0 Å². The molecule has 1 amide bonds. The number of carbonyl (C=O) groups is 1. The molecule has 5 nitrogen and oxygen atoms in total. The number of aromatic nitrogens is 1. The summed E-state index contributed by atoms with van der Waals surface area (Å²) in [6, 6.07) is 3.47. The fraction of sp³-hybridized carbons (Fsp3) is 0.625. The molecule has 2 N–H and O–H groups in total. The van der Waals surface area contributed by atoms with Crippen LogP contribution in [0, 0.1) is 11.8 Å². The van der Waals surface area contributed by atoms with Crippen LogP contribution in [0.4, 0.5) is 0 Å². The van der Waals surface area contributed by atoms with Gasteiger partial charge in [0, 0.05) is 12.6 Å². The van der Waals surface area contributed by atoms with Gasteiger partial charge in [-0.1, -0.05) is 18.5 Å². The highest BCUT2D eigenvalue weighted by atomic mass is 35.5. The molecule has 0 aromatic carbocycles. The minimum atomic E-state index is 0. The van der Waals surface area contributed by atoms with Crippen LogP contribution in [-0.4, -0.2) is 37.1 Å². The first-order chi connectivity index (χ1) is 10.7. The van der Waals surface area contributed by atoms with E-state index in [9.17, 15) is 4.79 Å². The van der Waals surface area contributed by atoms with Crippen molar-refractivity contribution in [3.8, 4) is 5.88 Å². The van der Waals surface area contributed by atoms with Crippen LogP contribution in [0.1, 0.15) is 26.2 Å². The Kier molecular flexibility index (Phi) is 12.2. The molecule has 138 valence electrons. The lowest BCUT2D eigenvalue weighted by Gasteiger charge is -2.27. The van der Waals surface area contributed by atoms with Gasteiger partial charge in [0.15, 0.2) is 0 Å². The van der Waals surface area contributed by atoms with Gasteiger partial charge in [0.2, 0.25) is 11.8 Å². The molecule has 1 unspecified atom stereocenters. The maximum atomic E-state index is 12.0. The van der Waals surface area contributed by atoms with Crippen LogP contribution < -0.4 is 15.4 Å². The van der Waals surface area contributed by atoms with Crippen LogP contribution in [0.3, 0.4) is 0 Å². The summed E-state index contributed by atoms with van der Waals surface area (Å²) < 4.78 is 5.44. The Morgan fingerprint density at radius 1 is 1.46 bits per heavy atom. The number of halogens is 3. The standard InChI is InChI=1S/C16H24ClN3O2.2ClH/c1-12(13-4-7-18-8-5-13)11-15(21)19-9-10-22-16-14(17)3-2-6-20-16;;/h2-3,6,12-13,18H,4-5,7-11H2,1H3,(H,19,21);2*1H. The zero-order valence-electron chi connectivity index (χ0n) is 13.8. The van der Waals surface area contributed by atoms with Crippen molar-refractivity contribution in [2.45, 2.75) is 26.2 Å². The molecule has 0 saturated carbocycles. The molecule has 0 spiro atoms. The molecule has 1 aliphatic heterocycles. The minimum absolute atomic E-state index is 0. The van der Waals surface area contributed by atoms with Crippen molar-refractivity contribution in [2.24, 2.45) is 11.8 Å². The van der Waals surface area contributed by atoms with E-state index in [1.54, 1.807) is 18.3 Å². The largest absolute Gasteiger partial charge is 0.475 e. The third-order valence-electron chi connectivity index (χ3n) is 4.08. The summed E-state index contributed by atoms with van der Waals surface area (Å²) in [5, 5.41) is 6.72. The maximum Gasteiger partial charge on any atom is 0.232 e. The summed E-state index contributed by atoms with van der Waals surface area (Å²) in [5.41, 5.74) is 0. The second-order valence-corrected chi connectivity index (χ2v) is 6.16. The molecule has 24 heavy (non-hydrogen) atoms. The quantitative estimate of drug-likeness (QED) is 0.693. The molecule has 1 aliphatic rings. The predicted octanol–water partition coefficient (Wildman–Crippen LogP) is 3.10. The smallest absolute Gasteiger partial charge is 0.232 e. The Labute approximate surface area is 161 Å². The van der Waals surface area contributed by atoms with Gasteiger partial charge >= 0.3 is 0 Å². The molecular weight excluding hydrogens is 373 g/mol. The lowest BCUT2D eigenvalue weighted by Crippen LogP contribution is -2.34. The van der Waals surface area contributed by atoms with Crippen molar-refractivity contribution in [3.05, 3.63) is 23.4 Å². The summed E-state index contributed by atoms with van der Waals surface area (Å²) in [6.45, 7) is 5.12. The maximum absolute atomic E-state index is 12.0. The lowest BCUT2D eigenvalue weighted by molar-refractivity contribution is -0.122. The Balaban J connectivity index is 0.00000264. The van der Waals surface area contributed by atoms with E-state index in [0.29, 0.717) is 42.3 Å². The number of carbonyl (C=O) groups excluding carboxylic acids is 1. The van der Waals surface area contributed by atoms with Crippen molar-refractivity contribution in [1.29, 1.82) is 0 Å². The van der Waals surface area contributed by atoms with Crippen LogP contribution in [0.25, 0.3) is 0 Å². The molecule has 0 radical (unpaired) electrons. The van der Waals surface area contributed by atoms with Crippen LogP contribution >= 0.6 is 36.4 Å². The first-order valence-electron chi connectivity index (χ1n) is 7.87. The van der Waals surface area contributed by atoms with E-state index in [1.807, 2.05) is 0 Å². The Morgan fingerprint density at radius 2 is 2.17 bits per heavy atom. The van der Waals surface area contributed by atoms with Crippen LogP contribution in [0.15, 0.2) is 18.3 Å². The zero-order valence-corrected chi connectivity index (χ0v) is 16.2. The lowest BCUT2D eigenvalue weighted by atomic mass is 9.84. The average Bonchev–Trinajstić information content (AvgIpc) is 2.54. The Bertz CT molecular complexity index is 485. The van der Waals surface area contributed by atoms with Gasteiger partial charge in [0.25, 0.3) is 0 Å². The zero-order chi connectivity index (χ0) is 15.8. The Hall–Kier alpha value is -0.750. The van der Waals surface area contributed by atoms with Gasteiger partial charge in [-0.3, -0.25) is 4.79 Å². The number of nitrogens with one attached hydrogen (secondary N) is 2. The van der Waals surface area contributed by atoms with Gasteiger partial charge in [-0.05, 0) is 49.9 Å². The second-order valence-electron chi connectivity index (χ2n) is 5.76. The monoisotopic (exact) mass is 397 g/mol. The van der Waals surface area contributed by atoms with Crippen LogP contribution in [0.5, 0.6) is 5.88 Å². The predicted molar refractivity (Wildman–Crippen MR) is 102 cm³/mol. The molecule has 1 aromatic rings. The first-order valence-corrected chi connectivity index (χ1v) is 8.25. The first kappa shape index (κ1) is 23.2. The van der Waals surface area contributed by atoms with Crippen molar-refractivity contribution in [3.63, 3.8) is 0 Å². The fourth-order valence-corrected chi connectivity index (χ4v) is 2.94. The van der Waals surface area contributed by atoms with E-state index in [0.717, 1.165) is 25.9 Å². The molecule has 2 heterocycles. The molecular formula is C16H26Cl3N3O2. The number of nitrogens with zero attached hydrogens (tertiary/aromatic N) is 1. The van der Waals surface area contributed by atoms with Gasteiger partial charge in [0.05, 0.1) is 6.54 Å². The number of pyridine rings is 1. The SMILES string of the molecule is CC(CC(=O)NCCOc1ncccc1Cl)C1CCNCC1.Cl.Cl. The highest BCUT2D eigenvalue weighted by Crippen LogP contribution is 2.24. The fourth-order valence-electron chi connectivity index (χ4n) is 2.76. The molecule has 1 saturated heterocycles. The number of ether oxygens (including phenoxy) is 1. The van der Waals surface area contributed by atoms with Gasteiger partial charge in [-0.15, -0.1) is 24.8 Å². The number of hydrogen-bond donors (Lipinski definition) is 2. The second kappa shape index (κ2) is 12.6. The van der Waals surface area contributed by atoms with Crippen molar-refractivity contribution in [1.82, 2.24) is 15.6 Å². The average molecular weight is 399 g/mol. The number of piperidine rings is 1. The molecule has 2 rings (SSSR count). The summed E-state index contributed by atoms with van der Waals surface area (Å²) in [5.74, 6) is 1.56. The van der Waals surface area contributed by atoms with E-state index in [4.69, 9.17) is 16.3 Å². The molecule has 1 atom stereocenters. The molecule has 0 aliphatic carbocycles. The third-order valence-corrected chi connectivity index (χ3v) is 4.37. The number of rotatable bonds is 7. The summed E-state index contributed by atoms with van der Waals surface area (Å²) in [4.78, 5) is 16.0. The van der Waals surface area contributed by atoms with E-state index in [-0.39, 0.29) is 30.7 Å². The number of amides is 1. The van der Waals surface area contributed by atoms with E-state index in [2.05, 4.69) is 22.5 Å². The molecule has 8 heteroatoms. The van der Waals surface area contributed by atoms with E-state index in [1.165, 1.54) is 0 Å². The Morgan fingerprint density at radius 3 is 2.83 bits per heavy atom. The van der Waals surface area contributed by atoms with E-state index < -0.39 is 0 Å². The van der Waals surface area contributed by atoms with Crippen molar-refractivity contribution < 1.29 is 9.53 Å². The normalized spacial score (nSPS) is 15.6. The summed E-state index contributed by atoms with van der Waals surface area (Å²) in [7, 11) is 0. The van der Waals surface area contributed by atoms with Crippen LogP contribution in [0.2, 0.25) is 5.02 Å².